The highest BCUT2D eigenvalue weighted by atomic mass is 32.1. The van der Waals surface area contributed by atoms with Crippen LogP contribution in [0, 0.1) is 12.7 Å². The Bertz CT molecular complexity index is 1200. The lowest BCUT2D eigenvalue weighted by atomic mass is 10.1. The molecule has 0 spiro atoms. The van der Waals surface area contributed by atoms with Crippen LogP contribution < -0.4 is 5.32 Å². The Labute approximate surface area is 177 Å². The van der Waals surface area contributed by atoms with E-state index < -0.39 is 0 Å². The average Bonchev–Trinajstić information content (AvgIpc) is 3.40. The minimum atomic E-state index is -0.290. The number of hydrogen-bond acceptors (Lipinski definition) is 5. The van der Waals surface area contributed by atoms with Crippen molar-refractivity contribution in [2.24, 2.45) is 0 Å². The van der Waals surface area contributed by atoms with Gasteiger partial charge in [0.1, 0.15) is 5.82 Å². The van der Waals surface area contributed by atoms with E-state index >= 15 is 0 Å². The molecular formula is C23H20FN3O2S. The van der Waals surface area contributed by atoms with Crippen LogP contribution in [0.2, 0.25) is 0 Å². The maximum atomic E-state index is 13.2. The number of para-hydroxylation sites is 1. The Balaban J connectivity index is 1.61. The molecule has 2 aromatic heterocycles. The summed E-state index contributed by atoms with van der Waals surface area (Å²) < 4.78 is 18.6. The lowest BCUT2D eigenvalue weighted by Crippen LogP contribution is -2.12. The summed E-state index contributed by atoms with van der Waals surface area (Å²) in [6, 6.07) is 15.5. The topological polar surface area (TPSA) is 68.0 Å². The van der Waals surface area contributed by atoms with Gasteiger partial charge in [-0.05, 0) is 48.4 Å². The fourth-order valence-electron chi connectivity index (χ4n) is 3.00. The highest BCUT2D eigenvalue weighted by Gasteiger charge is 2.19. The summed E-state index contributed by atoms with van der Waals surface area (Å²) in [5.74, 6) is 0.609. The number of carbonyl (C=O) groups excluding carboxylic acids is 1. The number of halogens is 1. The van der Waals surface area contributed by atoms with Gasteiger partial charge in [-0.3, -0.25) is 4.79 Å². The van der Waals surface area contributed by atoms with Crippen LogP contribution in [0.1, 0.15) is 40.8 Å². The molecule has 4 aromatic rings. The quantitative estimate of drug-likeness (QED) is 0.411. The molecule has 0 aliphatic carbocycles. The van der Waals surface area contributed by atoms with Crippen LogP contribution >= 0.6 is 11.3 Å². The van der Waals surface area contributed by atoms with Gasteiger partial charge in [-0.1, -0.05) is 43.3 Å². The Morgan fingerprint density at radius 2 is 1.87 bits per heavy atom. The number of thiophene rings is 1. The normalized spacial score (nSPS) is 11.1. The Morgan fingerprint density at radius 3 is 2.57 bits per heavy atom. The molecule has 0 aliphatic heterocycles. The van der Waals surface area contributed by atoms with E-state index in [0.717, 1.165) is 16.0 Å². The minimum Gasteiger partial charge on any atom is -0.334 e. The molecule has 0 saturated heterocycles. The van der Waals surface area contributed by atoms with Crippen LogP contribution in [0.4, 0.5) is 10.1 Å². The maximum Gasteiger partial charge on any atom is 0.265 e. The standard InChI is InChI=1S/C23H20FN3O2S/c1-13(2)21-26-23(29-27-21)17-6-4-5-14(3)20(17)25-22(28)19-12-11-18(30-19)15-7-9-16(24)10-8-15/h4-13H,1-3H3,(H,25,28). The van der Waals surface area contributed by atoms with Gasteiger partial charge >= 0.3 is 0 Å². The van der Waals surface area contributed by atoms with E-state index in [1.54, 1.807) is 18.2 Å². The molecule has 0 aliphatic rings. The number of amides is 1. The van der Waals surface area contributed by atoms with Gasteiger partial charge in [0.15, 0.2) is 5.82 Å². The lowest BCUT2D eigenvalue weighted by molar-refractivity contribution is 0.103. The van der Waals surface area contributed by atoms with Crippen molar-refractivity contribution in [2.45, 2.75) is 26.7 Å². The molecule has 0 unspecified atom stereocenters. The molecule has 2 heterocycles. The van der Waals surface area contributed by atoms with E-state index in [1.807, 2.05) is 45.0 Å². The van der Waals surface area contributed by atoms with Crippen LogP contribution in [-0.4, -0.2) is 16.0 Å². The summed E-state index contributed by atoms with van der Waals surface area (Å²) in [4.78, 5) is 18.8. The van der Waals surface area contributed by atoms with Crippen molar-refractivity contribution in [2.75, 3.05) is 5.32 Å². The van der Waals surface area contributed by atoms with Crippen molar-refractivity contribution >= 4 is 22.9 Å². The molecule has 1 N–H and O–H groups in total. The molecule has 152 valence electrons. The molecule has 30 heavy (non-hydrogen) atoms. The van der Waals surface area contributed by atoms with Gasteiger partial charge in [0, 0.05) is 10.8 Å². The summed E-state index contributed by atoms with van der Waals surface area (Å²) >= 11 is 1.35. The molecule has 0 fully saturated rings. The summed E-state index contributed by atoms with van der Waals surface area (Å²) in [6.45, 7) is 5.89. The van der Waals surface area contributed by atoms with E-state index in [2.05, 4.69) is 15.5 Å². The Morgan fingerprint density at radius 1 is 1.10 bits per heavy atom. The molecular weight excluding hydrogens is 401 g/mol. The Hall–Kier alpha value is -3.32. The highest BCUT2D eigenvalue weighted by molar-refractivity contribution is 7.17. The van der Waals surface area contributed by atoms with Gasteiger partial charge in [0.2, 0.25) is 0 Å². The maximum absolute atomic E-state index is 13.2. The van der Waals surface area contributed by atoms with Crippen LogP contribution in [0.5, 0.6) is 0 Å². The summed E-state index contributed by atoms with van der Waals surface area (Å²) in [5.41, 5.74) is 3.07. The molecule has 7 heteroatoms. The molecule has 0 saturated carbocycles. The number of carbonyl (C=O) groups is 1. The first-order valence-electron chi connectivity index (χ1n) is 9.53. The average molecular weight is 421 g/mol. The number of aryl methyl sites for hydroxylation is 1. The summed E-state index contributed by atoms with van der Waals surface area (Å²) in [7, 11) is 0. The third-order valence-electron chi connectivity index (χ3n) is 4.66. The third kappa shape index (κ3) is 4.02. The second-order valence-corrected chi connectivity index (χ2v) is 8.32. The van der Waals surface area contributed by atoms with Gasteiger partial charge in [-0.2, -0.15) is 4.98 Å². The first-order valence-corrected chi connectivity index (χ1v) is 10.3. The number of nitrogens with one attached hydrogen (secondary N) is 1. The van der Waals surface area contributed by atoms with Crippen molar-refractivity contribution < 1.29 is 13.7 Å². The van der Waals surface area contributed by atoms with Crippen molar-refractivity contribution in [1.29, 1.82) is 0 Å². The van der Waals surface area contributed by atoms with Crippen LogP contribution in [0.25, 0.3) is 21.9 Å². The van der Waals surface area contributed by atoms with Crippen molar-refractivity contribution in [3.63, 3.8) is 0 Å². The number of hydrogen-bond donors (Lipinski definition) is 1. The van der Waals surface area contributed by atoms with Gasteiger partial charge in [-0.15, -0.1) is 11.3 Å². The smallest absolute Gasteiger partial charge is 0.265 e. The largest absolute Gasteiger partial charge is 0.334 e. The fourth-order valence-corrected chi connectivity index (χ4v) is 3.90. The number of benzene rings is 2. The molecule has 4 rings (SSSR count). The number of anilines is 1. The molecule has 2 aromatic carbocycles. The predicted molar refractivity (Wildman–Crippen MR) is 116 cm³/mol. The first-order chi connectivity index (χ1) is 14.4. The monoisotopic (exact) mass is 421 g/mol. The number of aromatic nitrogens is 2. The molecule has 5 nitrogen and oxygen atoms in total. The van der Waals surface area contributed by atoms with E-state index in [-0.39, 0.29) is 17.6 Å². The van der Waals surface area contributed by atoms with Gasteiger partial charge in [0.05, 0.1) is 16.1 Å². The Kier molecular flexibility index (Phi) is 5.46. The zero-order chi connectivity index (χ0) is 21.3. The van der Waals surface area contributed by atoms with Crippen LogP contribution in [0.3, 0.4) is 0 Å². The van der Waals surface area contributed by atoms with E-state index in [4.69, 9.17) is 4.52 Å². The first kappa shape index (κ1) is 20.0. The minimum absolute atomic E-state index is 0.140. The van der Waals surface area contributed by atoms with Gasteiger partial charge in [0.25, 0.3) is 11.8 Å². The van der Waals surface area contributed by atoms with Crippen LogP contribution in [0.15, 0.2) is 59.1 Å². The molecule has 0 bridgehead atoms. The summed E-state index contributed by atoms with van der Waals surface area (Å²) in [6.07, 6.45) is 0. The van der Waals surface area contributed by atoms with Crippen molar-refractivity contribution in [3.05, 3.63) is 76.7 Å². The highest BCUT2D eigenvalue weighted by Crippen LogP contribution is 2.33. The molecule has 1 amide bonds. The second-order valence-electron chi connectivity index (χ2n) is 7.23. The van der Waals surface area contributed by atoms with Gasteiger partial charge in [-0.25, -0.2) is 4.39 Å². The molecule has 0 radical (unpaired) electrons. The third-order valence-corrected chi connectivity index (χ3v) is 5.79. The SMILES string of the molecule is Cc1cccc(-c2nc(C(C)C)no2)c1NC(=O)c1ccc(-c2ccc(F)cc2)s1. The van der Waals surface area contributed by atoms with E-state index in [1.165, 1.54) is 23.5 Å². The zero-order valence-electron chi connectivity index (χ0n) is 16.8. The second kappa shape index (κ2) is 8.20. The van der Waals surface area contributed by atoms with Crippen LogP contribution in [-0.2, 0) is 0 Å². The van der Waals surface area contributed by atoms with Gasteiger partial charge < -0.3 is 9.84 Å². The van der Waals surface area contributed by atoms with Crippen molar-refractivity contribution in [3.8, 4) is 21.9 Å². The summed E-state index contributed by atoms with van der Waals surface area (Å²) in [5, 5.41) is 7.01. The molecule has 0 atom stereocenters. The van der Waals surface area contributed by atoms with Crippen molar-refractivity contribution in [1.82, 2.24) is 10.1 Å². The zero-order valence-corrected chi connectivity index (χ0v) is 17.6. The van der Waals surface area contributed by atoms with E-state index in [9.17, 15) is 9.18 Å². The van der Waals surface area contributed by atoms with E-state index in [0.29, 0.717) is 27.8 Å². The predicted octanol–water partition coefficient (Wildman–Crippen LogP) is 6.29. The fraction of sp³-hybridized carbons (Fsp3) is 0.174. The number of rotatable bonds is 5. The lowest BCUT2D eigenvalue weighted by Gasteiger charge is -2.11. The number of nitrogens with zero attached hydrogens (tertiary/aromatic N) is 2.